The first kappa shape index (κ1) is 21.1. The molecule has 2 unspecified atom stereocenters. The van der Waals surface area contributed by atoms with E-state index in [1.54, 1.807) is 0 Å². The van der Waals surface area contributed by atoms with Gasteiger partial charge >= 0.3 is 0 Å². The van der Waals surface area contributed by atoms with E-state index in [2.05, 4.69) is 50.4 Å². The zero-order valence-electron chi connectivity index (χ0n) is 17.9. The Morgan fingerprint density at radius 1 is 1.03 bits per heavy atom. The molecule has 4 heteroatoms. The van der Waals surface area contributed by atoms with Gasteiger partial charge in [-0.25, -0.2) is 0 Å². The molecule has 29 heavy (non-hydrogen) atoms. The highest BCUT2D eigenvalue weighted by Crippen LogP contribution is 2.34. The van der Waals surface area contributed by atoms with Crippen molar-refractivity contribution in [3.8, 4) is 0 Å². The number of nitrogens with zero attached hydrogens (tertiary/aromatic N) is 1. The average molecular weight is 393 g/mol. The molecule has 0 bridgehead atoms. The second-order valence-corrected chi connectivity index (χ2v) is 8.62. The molecular formula is C25H32N2O2. The minimum absolute atomic E-state index is 0.0118. The lowest BCUT2D eigenvalue weighted by Gasteiger charge is -2.18. The van der Waals surface area contributed by atoms with Gasteiger partial charge in [-0.15, -0.1) is 0 Å². The molecule has 0 aliphatic carbocycles. The zero-order chi connectivity index (χ0) is 21.0. The van der Waals surface area contributed by atoms with Crippen LogP contribution in [0.2, 0.25) is 0 Å². The number of carbonyl (C=O) groups is 2. The fraction of sp³-hybridized carbons (Fsp3) is 0.440. The van der Waals surface area contributed by atoms with Crippen molar-refractivity contribution < 1.29 is 9.59 Å². The van der Waals surface area contributed by atoms with Crippen LogP contribution in [-0.4, -0.2) is 36.3 Å². The molecule has 3 rings (SSSR count). The van der Waals surface area contributed by atoms with E-state index in [1.165, 1.54) is 5.56 Å². The minimum Gasteiger partial charge on any atom is -0.356 e. The number of hydrogen-bond acceptors (Lipinski definition) is 2. The lowest BCUT2D eigenvalue weighted by Crippen LogP contribution is -2.36. The highest BCUT2D eigenvalue weighted by atomic mass is 16.2. The Labute approximate surface area is 174 Å². The number of likely N-dealkylation sites (tertiary alicyclic amines) is 1. The van der Waals surface area contributed by atoms with Gasteiger partial charge in [0.1, 0.15) is 0 Å². The summed E-state index contributed by atoms with van der Waals surface area (Å²) < 4.78 is 0. The molecule has 1 heterocycles. The van der Waals surface area contributed by atoms with Crippen LogP contribution in [0.1, 0.15) is 53.2 Å². The van der Waals surface area contributed by atoms with Crippen molar-refractivity contribution in [2.45, 2.75) is 40.0 Å². The molecule has 2 aromatic carbocycles. The number of hydrogen-bond donors (Lipinski definition) is 1. The summed E-state index contributed by atoms with van der Waals surface area (Å²) in [6.45, 7) is 10.0. The van der Waals surface area contributed by atoms with Crippen molar-refractivity contribution in [3.63, 3.8) is 0 Å². The number of aryl methyl sites for hydroxylation is 2. The van der Waals surface area contributed by atoms with E-state index in [1.807, 2.05) is 36.1 Å². The van der Waals surface area contributed by atoms with Crippen molar-refractivity contribution in [2.75, 3.05) is 19.6 Å². The lowest BCUT2D eigenvalue weighted by atomic mass is 9.88. The van der Waals surface area contributed by atoms with Crippen LogP contribution < -0.4 is 5.32 Å². The summed E-state index contributed by atoms with van der Waals surface area (Å²) >= 11 is 0. The molecule has 2 amide bonds. The molecule has 1 aliphatic rings. The van der Waals surface area contributed by atoms with Gasteiger partial charge in [0, 0.05) is 31.1 Å². The van der Waals surface area contributed by atoms with Crippen LogP contribution in [-0.2, 0) is 4.79 Å². The molecule has 0 radical (unpaired) electrons. The van der Waals surface area contributed by atoms with Crippen molar-refractivity contribution >= 4 is 11.8 Å². The molecule has 0 saturated carbocycles. The van der Waals surface area contributed by atoms with Gasteiger partial charge in [-0.1, -0.05) is 61.9 Å². The van der Waals surface area contributed by atoms with E-state index in [0.29, 0.717) is 25.6 Å². The smallest absolute Gasteiger partial charge is 0.254 e. The van der Waals surface area contributed by atoms with Gasteiger partial charge in [-0.05, 0) is 43.4 Å². The second-order valence-electron chi connectivity index (χ2n) is 8.62. The first-order chi connectivity index (χ1) is 13.9. The summed E-state index contributed by atoms with van der Waals surface area (Å²) in [6.07, 6.45) is 0.958. The summed E-state index contributed by atoms with van der Waals surface area (Å²) in [5.74, 6) is 0.403. The van der Waals surface area contributed by atoms with Crippen molar-refractivity contribution in [1.29, 1.82) is 0 Å². The molecule has 0 aromatic heterocycles. The molecule has 1 saturated heterocycles. The van der Waals surface area contributed by atoms with Gasteiger partial charge in [0.05, 0.1) is 5.92 Å². The van der Waals surface area contributed by atoms with E-state index in [-0.39, 0.29) is 23.7 Å². The van der Waals surface area contributed by atoms with E-state index >= 15 is 0 Å². The monoisotopic (exact) mass is 392 g/mol. The topological polar surface area (TPSA) is 49.4 Å². The van der Waals surface area contributed by atoms with Crippen LogP contribution in [0.4, 0.5) is 0 Å². The number of nitrogens with one attached hydrogen (secondary N) is 1. The molecule has 1 N–H and O–H groups in total. The first-order valence-corrected chi connectivity index (χ1v) is 10.6. The molecule has 1 aliphatic heterocycles. The summed E-state index contributed by atoms with van der Waals surface area (Å²) in [5.41, 5.74) is 4.00. The van der Waals surface area contributed by atoms with Gasteiger partial charge in [0.2, 0.25) is 5.91 Å². The number of benzene rings is 2. The second kappa shape index (κ2) is 9.25. The number of carbonyl (C=O) groups excluding carboxylic acids is 2. The maximum Gasteiger partial charge on any atom is 0.254 e. The summed E-state index contributed by atoms with van der Waals surface area (Å²) in [4.78, 5) is 28.0. The third-order valence-corrected chi connectivity index (χ3v) is 5.85. The molecule has 0 spiro atoms. The van der Waals surface area contributed by atoms with Gasteiger partial charge < -0.3 is 10.2 Å². The van der Waals surface area contributed by atoms with Crippen molar-refractivity contribution in [3.05, 3.63) is 70.8 Å². The highest BCUT2D eigenvalue weighted by molar-refractivity contribution is 5.96. The Bertz CT molecular complexity index is 857. The van der Waals surface area contributed by atoms with Crippen LogP contribution in [0.25, 0.3) is 0 Å². The Hall–Kier alpha value is -2.62. The number of rotatable bonds is 6. The largest absolute Gasteiger partial charge is 0.356 e. The lowest BCUT2D eigenvalue weighted by molar-refractivity contribution is -0.124. The fourth-order valence-corrected chi connectivity index (χ4v) is 3.99. The fourth-order valence-electron chi connectivity index (χ4n) is 3.99. The minimum atomic E-state index is -0.224. The van der Waals surface area contributed by atoms with Gasteiger partial charge in [0.25, 0.3) is 5.91 Å². The van der Waals surface area contributed by atoms with E-state index in [4.69, 9.17) is 0 Å². The van der Waals surface area contributed by atoms with E-state index in [0.717, 1.165) is 23.1 Å². The standard InChI is InChI=1S/C25H32N2O2/c1-17(2)13-14-26-24(28)23-16-27(25(29)21-8-6-5-7-19(21)4)15-22(23)20-11-9-18(3)10-12-20/h5-12,17,22-23H,13-16H2,1-4H3,(H,26,28). The maximum absolute atomic E-state index is 13.2. The van der Waals surface area contributed by atoms with Crippen LogP contribution in [0, 0.1) is 25.7 Å². The zero-order valence-corrected chi connectivity index (χ0v) is 17.9. The molecular weight excluding hydrogens is 360 g/mol. The van der Waals surface area contributed by atoms with Crippen LogP contribution in [0.5, 0.6) is 0 Å². The van der Waals surface area contributed by atoms with Crippen molar-refractivity contribution in [1.82, 2.24) is 10.2 Å². The quantitative estimate of drug-likeness (QED) is 0.796. The van der Waals surface area contributed by atoms with Gasteiger partial charge in [-0.2, -0.15) is 0 Å². The Morgan fingerprint density at radius 3 is 2.38 bits per heavy atom. The maximum atomic E-state index is 13.2. The van der Waals surface area contributed by atoms with Crippen LogP contribution >= 0.6 is 0 Å². The predicted molar refractivity (Wildman–Crippen MR) is 117 cm³/mol. The molecule has 4 nitrogen and oxygen atoms in total. The Balaban J connectivity index is 1.81. The molecule has 1 fully saturated rings. The number of amides is 2. The summed E-state index contributed by atoms with van der Waals surface area (Å²) in [5, 5.41) is 3.10. The SMILES string of the molecule is Cc1ccc(C2CN(C(=O)c3ccccc3C)CC2C(=O)NCCC(C)C)cc1. The van der Waals surface area contributed by atoms with Gasteiger partial charge in [-0.3, -0.25) is 9.59 Å². The molecule has 2 atom stereocenters. The third-order valence-electron chi connectivity index (χ3n) is 5.85. The Morgan fingerprint density at radius 2 is 1.72 bits per heavy atom. The summed E-state index contributed by atoms with van der Waals surface area (Å²) in [7, 11) is 0. The average Bonchev–Trinajstić information content (AvgIpc) is 3.13. The highest BCUT2D eigenvalue weighted by Gasteiger charge is 2.40. The van der Waals surface area contributed by atoms with E-state index < -0.39 is 0 Å². The molecule has 154 valence electrons. The van der Waals surface area contributed by atoms with E-state index in [9.17, 15) is 9.59 Å². The van der Waals surface area contributed by atoms with Crippen LogP contribution in [0.3, 0.4) is 0 Å². The van der Waals surface area contributed by atoms with Gasteiger partial charge in [0.15, 0.2) is 0 Å². The normalized spacial score (nSPS) is 18.9. The third kappa shape index (κ3) is 5.06. The van der Waals surface area contributed by atoms with Crippen molar-refractivity contribution in [2.24, 2.45) is 11.8 Å². The Kier molecular flexibility index (Phi) is 6.73. The first-order valence-electron chi connectivity index (χ1n) is 10.6. The molecule has 2 aromatic rings. The summed E-state index contributed by atoms with van der Waals surface area (Å²) in [6, 6.07) is 16.0. The van der Waals surface area contributed by atoms with Crippen LogP contribution in [0.15, 0.2) is 48.5 Å². The predicted octanol–water partition coefficient (Wildman–Crippen LogP) is 4.32.